The molecule has 1 aromatic carbocycles. The van der Waals surface area contributed by atoms with Gasteiger partial charge in [-0.05, 0) is 37.1 Å². The third-order valence-corrected chi connectivity index (χ3v) is 5.99. The first-order valence-corrected chi connectivity index (χ1v) is 8.79. The standard InChI is InChI=1S/C14H16N2O4S2/c1-9-4-11(14(17)18)5-13(10(9)2)22(19,20)16(3)6-12-7-21-8-15-12/h4-5,7-8H,6H2,1-3H3,(H,17,18). The highest BCUT2D eigenvalue weighted by Crippen LogP contribution is 2.24. The SMILES string of the molecule is Cc1cc(C(=O)O)cc(S(=O)(=O)N(C)Cc2cscn2)c1C. The molecule has 118 valence electrons. The molecule has 22 heavy (non-hydrogen) atoms. The molecule has 0 radical (unpaired) electrons. The second-order valence-corrected chi connectivity index (χ2v) is 7.69. The summed E-state index contributed by atoms with van der Waals surface area (Å²) in [5, 5.41) is 10.9. The Bertz CT molecular complexity index is 799. The first-order valence-electron chi connectivity index (χ1n) is 6.41. The number of aromatic nitrogens is 1. The van der Waals surface area contributed by atoms with Crippen LogP contribution in [0.15, 0.2) is 27.9 Å². The Labute approximate surface area is 133 Å². The van der Waals surface area contributed by atoms with E-state index in [1.807, 2.05) is 0 Å². The number of aromatic carboxylic acids is 1. The minimum atomic E-state index is -3.79. The van der Waals surface area contributed by atoms with Crippen LogP contribution in [0.2, 0.25) is 0 Å². The second-order valence-electron chi connectivity index (χ2n) is 4.96. The molecule has 0 unspecified atom stereocenters. The molecule has 0 amide bonds. The van der Waals surface area contributed by atoms with Crippen molar-refractivity contribution in [3.05, 3.63) is 45.4 Å². The first-order chi connectivity index (χ1) is 10.2. The van der Waals surface area contributed by atoms with Crippen LogP contribution >= 0.6 is 11.3 Å². The van der Waals surface area contributed by atoms with Crippen molar-refractivity contribution < 1.29 is 18.3 Å². The molecule has 0 aliphatic heterocycles. The van der Waals surface area contributed by atoms with Gasteiger partial charge >= 0.3 is 5.97 Å². The fourth-order valence-electron chi connectivity index (χ4n) is 2.02. The van der Waals surface area contributed by atoms with E-state index in [1.54, 1.807) is 24.7 Å². The Morgan fingerprint density at radius 1 is 1.36 bits per heavy atom. The molecule has 0 saturated heterocycles. The average molecular weight is 340 g/mol. The van der Waals surface area contributed by atoms with Crippen LogP contribution in [0.25, 0.3) is 0 Å². The lowest BCUT2D eigenvalue weighted by Crippen LogP contribution is -2.27. The lowest BCUT2D eigenvalue weighted by Gasteiger charge is -2.19. The zero-order valence-corrected chi connectivity index (χ0v) is 14.0. The second kappa shape index (κ2) is 6.15. The number of sulfonamides is 1. The number of hydrogen-bond acceptors (Lipinski definition) is 5. The Morgan fingerprint density at radius 3 is 2.59 bits per heavy atom. The maximum atomic E-state index is 12.7. The zero-order valence-electron chi connectivity index (χ0n) is 12.4. The van der Waals surface area contributed by atoms with Crippen molar-refractivity contribution in [1.29, 1.82) is 0 Å². The Hall–Kier alpha value is -1.77. The van der Waals surface area contributed by atoms with E-state index in [4.69, 9.17) is 5.11 Å². The molecule has 8 heteroatoms. The molecule has 0 aliphatic carbocycles. The number of carboxylic acid groups (broad SMARTS) is 1. The fraction of sp³-hybridized carbons (Fsp3) is 0.286. The maximum Gasteiger partial charge on any atom is 0.335 e. The number of carbonyl (C=O) groups is 1. The molecule has 0 bridgehead atoms. The van der Waals surface area contributed by atoms with Gasteiger partial charge in [-0.2, -0.15) is 4.31 Å². The van der Waals surface area contributed by atoms with Crippen LogP contribution in [0.3, 0.4) is 0 Å². The van der Waals surface area contributed by atoms with E-state index in [-0.39, 0.29) is 17.0 Å². The Balaban J connectivity index is 2.46. The van der Waals surface area contributed by atoms with E-state index in [0.29, 0.717) is 16.8 Å². The summed E-state index contributed by atoms with van der Waals surface area (Å²) in [6, 6.07) is 2.68. The average Bonchev–Trinajstić information content (AvgIpc) is 2.93. The van der Waals surface area contributed by atoms with Gasteiger partial charge in [-0.1, -0.05) is 0 Å². The molecule has 0 fully saturated rings. The number of carboxylic acids is 1. The smallest absolute Gasteiger partial charge is 0.335 e. The molecule has 6 nitrogen and oxygen atoms in total. The van der Waals surface area contributed by atoms with Crippen LogP contribution in [0.4, 0.5) is 0 Å². The third kappa shape index (κ3) is 3.18. The van der Waals surface area contributed by atoms with Gasteiger partial charge in [-0.3, -0.25) is 0 Å². The minimum Gasteiger partial charge on any atom is -0.478 e. The van der Waals surface area contributed by atoms with Crippen molar-refractivity contribution in [2.45, 2.75) is 25.3 Å². The molecule has 1 heterocycles. The van der Waals surface area contributed by atoms with Crippen LogP contribution in [0, 0.1) is 13.8 Å². The van der Waals surface area contributed by atoms with Crippen LogP contribution in [0.5, 0.6) is 0 Å². The minimum absolute atomic E-state index is 0.0163. The first kappa shape index (κ1) is 16.6. The number of hydrogen-bond donors (Lipinski definition) is 1. The number of benzene rings is 1. The predicted molar refractivity (Wildman–Crippen MR) is 83.6 cm³/mol. The number of nitrogens with zero attached hydrogens (tertiary/aromatic N) is 2. The zero-order chi connectivity index (χ0) is 16.5. The molecular weight excluding hydrogens is 324 g/mol. The van der Waals surface area contributed by atoms with Gasteiger partial charge in [-0.25, -0.2) is 18.2 Å². The molecule has 0 atom stereocenters. The molecule has 2 aromatic rings. The van der Waals surface area contributed by atoms with Crippen molar-refractivity contribution in [2.75, 3.05) is 7.05 Å². The summed E-state index contributed by atoms with van der Waals surface area (Å²) < 4.78 is 26.6. The largest absolute Gasteiger partial charge is 0.478 e. The third-order valence-electron chi connectivity index (χ3n) is 3.42. The fourth-order valence-corrected chi connectivity index (χ4v) is 4.03. The van der Waals surface area contributed by atoms with E-state index >= 15 is 0 Å². The molecule has 2 rings (SSSR count). The van der Waals surface area contributed by atoms with Crippen LogP contribution in [-0.4, -0.2) is 35.8 Å². The van der Waals surface area contributed by atoms with Crippen molar-refractivity contribution in [1.82, 2.24) is 9.29 Å². The highest BCUT2D eigenvalue weighted by atomic mass is 32.2. The Kier molecular flexibility index (Phi) is 4.64. The van der Waals surface area contributed by atoms with Gasteiger partial charge in [0, 0.05) is 12.4 Å². The number of aryl methyl sites for hydroxylation is 1. The van der Waals surface area contributed by atoms with E-state index < -0.39 is 16.0 Å². The molecular formula is C14H16N2O4S2. The van der Waals surface area contributed by atoms with Gasteiger partial charge in [0.1, 0.15) is 0 Å². The van der Waals surface area contributed by atoms with Crippen molar-refractivity contribution in [3.8, 4) is 0 Å². The highest BCUT2D eigenvalue weighted by molar-refractivity contribution is 7.89. The Morgan fingerprint density at radius 2 is 2.05 bits per heavy atom. The quantitative estimate of drug-likeness (QED) is 0.902. The summed E-state index contributed by atoms with van der Waals surface area (Å²) in [5.41, 5.74) is 3.43. The molecule has 0 aliphatic rings. The summed E-state index contributed by atoms with van der Waals surface area (Å²) in [5.74, 6) is -1.15. The summed E-state index contributed by atoms with van der Waals surface area (Å²) in [7, 11) is -2.33. The van der Waals surface area contributed by atoms with Crippen molar-refractivity contribution >= 4 is 27.3 Å². The number of thiazole rings is 1. The summed E-state index contributed by atoms with van der Waals surface area (Å²) in [6.07, 6.45) is 0. The number of rotatable bonds is 5. The summed E-state index contributed by atoms with van der Waals surface area (Å²) in [6.45, 7) is 3.51. The van der Waals surface area contributed by atoms with E-state index in [1.165, 1.54) is 34.8 Å². The van der Waals surface area contributed by atoms with E-state index in [2.05, 4.69) is 4.98 Å². The maximum absolute atomic E-state index is 12.7. The lowest BCUT2D eigenvalue weighted by atomic mass is 10.1. The molecule has 0 spiro atoms. The van der Waals surface area contributed by atoms with Gasteiger partial charge in [0.05, 0.1) is 28.2 Å². The lowest BCUT2D eigenvalue weighted by molar-refractivity contribution is 0.0696. The molecule has 1 N–H and O–H groups in total. The van der Waals surface area contributed by atoms with E-state index in [9.17, 15) is 13.2 Å². The van der Waals surface area contributed by atoms with Crippen molar-refractivity contribution in [2.24, 2.45) is 0 Å². The van der Waals surface area contributed by atoms with Crippen molar-refractivity contribution in [3.63, 3.8) is 0 Å². The monoisotopic (exact) mass is 340 g/mol. The van der Waals surface area contributed by atoms with Gasteiger partial charge in [0.2, 0.25) is 10.0 Å². The summed E-state index contributed by atoms with van der Waals surface area (Å²) >= 11 is 1.39. The van der Waals surface area contributed by atoms with E-state index in [0.717, 1.165) is 0 Å². The normalized spacial score (nSPS) is 11.8. The van der Waals surface area contributed by atoms with Crippen LogP contribution < -0.4 is 0 Å². The summed E-state index contributed by atoms with van der Waals surface area (Å²) in [4.78, 5) is 15.2. The van der Waals surface area contributed by atoms with Gasteiger partial charge in [0.25, 0.3) is 0 Å². The highest BCUT2D eigenvalue weighted by Gasteiger charge is 2.25. The van der Waals surface area contributed by atoms with Gasteiger partial charge in [-0.15, -0.1) is 11.3 Å². The van der Waals surface area contributed by atoms with Gasteiger partial charge < -0.3 is 5.11 Å². The topological polar surface area (TPSA) is 87.6 Å². The molecule has 1 aromatic heterocycles. The van der Waals surface area contributed by atoms with Crippen LogP contribution in [-0.2, 0) is 16.6 Å². The van der Waals surface area contributed by atoms with Gasteiger partial charge in [0.15, 0.2) is 0 Å². The van der Waals surface area contributed by atoms with Crippen LogP contribution in [0.1, 0.15) is 27.2 Å². The molecule has 0 saturated carbocycles. The predicted octanol–water partition coefficient (Wildman–Crippen LogP) is 2.28.